The number of amides is 1. The first-order valence-corrected chi connectivity index (χ1v) is 11.6. The molecular formula is C28H20Cl2N2O3. The summed E-state index contributed by atoms with van der Waals surface area (Å²) in [7, 11) is 0. The number of hydrogen-bond donors (Lipinski definition) is 1. The van der Waals surface area contributed by atoms with Gasteiger partial charge in [-0.2, -0.15) is 0 Å². The standard InChI is InChI=1S/C28H20Cl2N2O3/c1-16-3-10-26-24(13-16)32-28(35-26)19-6-9-21(29)23(15-19)31-27(33)12-8-20-7-11-25(34-20)18-5-4-17(2)22(30)14-18/h3-15H,1-2H3,(H,31,33). The lowest BCUT2D eigenvalue weighted by Crippen LogP contribution is -2.08. The van der Waals surface area contributed by atoms with Gasteiger partial charge >= 0.3 is 0 Å². The van der Waals surface area contributed by atoms with E-state index in [-0.39, 0.29) is 5.91 Å². The first-order valence-electron chi connectivity index (χ1n) is 10.9. The van der Waals surface area contributed by atoms with Crippen molar-refractivity contribution in [2.24, 2.45) is 0 Å². The Morgan fingerprint density at radius 3 is 2.54 bits per heavy atom. The van der Waals surface area contributed by atoms with Gasteiger partial charge in [-0.1, -0.05) is 41.4 Å². The fourth-order valence-electron chi connectivity index (χ4n) is 3.59. The molecule has 0 saturated heterocycles. The van der Waals surface area contributed by atoms with Gasteiger partial charge in [0.1, 0.15) is 17.0 Å². The van der Waals surface area contributed by atoms with Crippen LogP contribution in [0.4, 0.5) is 5.69 Å². The first-order chi connectivity index (χ1) is 16.9. The summed E-state index contributed by atoms with van der Waals surface area (Å²) < 4.78 is 11.7. The number of nitrogens with one attached hydrogen (secondary N) is 1. The van der Waals surface area contributed by atoms with E-state index in [9.17, 15) is 4.79 Å². The molecule has 174 valence electrons. The Hall–Kier alpha value is -3.80. The van der Waals surface area contributed by atoms with E-state index in [1.165, 1.54) is 6.08 Å². The molecule has 5 nitrogen and oxygen atoms in total. The Balaban J connectivity index is 1.31. The highest BCUT2D eigenvalue weighted by atomic mass is 35.5. The van der Waals surface area contributed by atoms with Crippen molar-refractivity contribution in [3.63, 3.8) is 0 Å². The number of aryl methyl sites for hydroxylation is 2. The first kappa shape index (κ1) is 23.0. The Kier molecular flexibility index (Phi) is 6.20. The maximum absolute atomic E-state index is 12.6. The van der Waals surface area contributed by atoms with E-state index in [0.29, 0.717) is 44.3 Å². The predicted molar refractivity (Wildman–Crippen MR) is 141 cm³/mol. The summed E-state index contributed by atoms with van der Waals surface area (Å²) in [5, 5.41) is 3.87. The van der Waals surface area contributed by atoms with Crippen LogP contribution in [0.25, 0.3) is 40.0 Å². The largest absolute Gasteiger partial charge is 0.457 e. The minimum Gasteiger partial charge on any atom is -0.457 e. The maximum atomic E-state index is 12.6. The van der Waals surface area contributed by atoms with Crippen molar-refractivity contribution < 1.29 is 13.6 Å². The molecule has 0 spiro atoms. The predicted octanol–water partition coefficient (Wildman–Crippen LogP) is 8.33. The molecule has 2 aromatic heterocycles. The molecule has 0 atom stereocenters. The zero-order chi connectivity index (χ0) is 24.5. The van der Waals surface area contributed by atoms with Gasteiger partial charge in [0.05, 0.1) is 10.7 Å². The summed E-state index contributed by atoms with van der Waals surface area (Å²) in [4.78, 5) is 17.1. The smallest absolute Gasteiger partial charge is 0.248 e. The fraction of sp³-hybridized carbons (Fsp3) is 0.0714. The van der Waals surface area contributed by atoms with Crippen molar-refractivity contribution in [3.05, 3.63) is 99.7 Å². The van der Waals surface area contributed by atoms with Crippen LogP contribution in [-0.4, -0.2) is 10.9 Å². The molecule has 5 rings (SSSR count). The molecule has 0 aliphatic rings. The summed E-state index contributed by atoms with van der Waals surface area (Å²) in [5.74, 6) is 1.30. The second kappa shape index (κ2) is 9.45. The average molecular weight is 503 g/mol. The van der Waals surface area contributed by atoms with Gasteiger partial charge in [-0.3, -0.25) is 4.79 Å². The van der Waals surface area contributed by atoms with Crippen LogP contribution < -0.4 is 5.32 Å². The molecule has 0 radical (unpaired) electrons. The third kappa shape index (κ3) is 5.02. The third-order valence-corrected chi connectivity index (χ3v) is 6.23. The zero-order valence-electron chi connectivity index (χ0n) is 18.9. The van der Waals surface area contributed by atoms with Crippen molar-refractivity contribution in [2.75, 3.05) is 5.32 Å². The molecule has 0 aliphatic heterocycles. The van der Waals surface area contributed by atoms with Crippen molar-refractivity contribution in [1.82, 2.24) is 4.98 Å². The lowest BCUT2D eigenvalue weighted by Gasteiger charge is -2.06. The molecular weight excluding hydrogens is 483 g/mol. The number of carbonyl (C=O) groups is 1. The number of aromatic nitrogens is 1. The van der Waals surface area contributed by atoms with Gasteiger partial charge in [0.2, 0.25) is 11.8 Å². The lowest BCUT2D eigenvalue weighted by atomic mass is 10.1. The van der Waals surface area contributed by atoms with Gasteiger partial charge in [-0.15, -0.1) is 0 Å². The topological polar surface area (TPSA) is 68.3 Å². The summed E-state index contributed by atoms with van der Waals surface area (Å²) >= 11 is 12.5. The van der Waals surface area contributed by atoms with Crippen LogP contribution in [0, 0.1) is 13.8 Å². The summed E-state index contributed by atoms with van der Waals surface area (Å²) in [6.45, 7) is 3.94. The number of nitrogens with zero attached hydrogens (tertiary/aromatic N) is 1. The van der Waals surface area contributed by atoms with E-state index in [0.717, 1.165) is 22.2 Å². The quantitative estimate of drug-likeness (QED) is 0.245. The Bertz CT molecular complexity index is 1600. The maximum Gasteiger partial charge on any atom is 0.248 e. The van der Waals surface area contributed by atoms with Crippen LogP contribution in [0.15, 0.2) is 81.6 Å². The van der Waals surface area contributed by atoms with Crippen LogP contribution in [0.3, 0.4) is 0 Å². The van der Waals surface area contributed by atoms with E-state index in [1.807, 2.05) is 56.3 Å². The van der Waals surface area contributed by atoms with Gasteiger partial charge in [0.25, 0.3) is 0 Å². The summed E-state index contributed by atoms with van der Waals surface area (Å²) in [6, 6.07) is 20.4. The second-order valence-electron chi connectivity index (χ2n) is 8.17. The molecule has 1 amide bonds. The molecule has 0 saturated carbocycles. The van der Waals surface area contributed by atoms with E-state index in [2.05, 4.69) is 10.3 Å². The van der Waals surface area contributed by atoms with Gasteiger partial charge in [-0.05, 0) is 79.6 Å². The van der Waals surface area contributed by atoms with Gasteiger partial charge in [0, 0.05) is 22.2 Å². The van der Waals surface area contributed by atoms with Crippen LogP contribution >= 0.6 is 23.2 Å². The molecule has 0 unspecified atom stereocenters. The van der Waals surface area contributed by atoms with Crippen LogP contribution in [-0.2, 0) is 4.79 Å². The van der Waals surface area contributed by atoms with E-state index < -0.39 is 0 Å². The van der Waals surface area contributed by atoms with Gasteiger partial charge in [-0.25, -0.2) is 4.98 Å². The highest BCUT2D eigenvalue weighted by Gasteiger charge is 2.12. The number of anilines is 1. The molecule has 1 N–H and O–H groups in total. The summed E-state index contributed by atoms with van der Waals surface area (Å²) in [6.07, 6.45) is 2.98. The molecule has 0 aliphatic carbocycles. The fourth-order valence-corrected chi connectivity index (χ4v) is 3.94. The summed E-state index contributed by atoms with van der Waals surface area (Å²) in [5.41, 5.74) is 5.57. The van der Waals surface area contributed by atoms with E-state index in [1.54, 1.807) is 30.3 Å². The molecule has 0 fully saturated rings. The molecule has 0 bridgehead atoms. The number of rotatable bonds is 5. The Morgan fingerprint density at radius 2 is 1.71 bits per heavy atom. The molecule has 2 heterocycles. The number of hydrogen-bond acceptors (Lipinski definition) is 4. The monoisotopic (exact) mass is 502 g/mol. The number of halogens is 2. The zero-order valence-corrected chi connectivity index (χ0v) is 20.4. The van der Waals surface area contributed by atoms with Crippen LogP contribution in [0.1, 0.15) is 16.9 Å². The van der Waals surface area contributed by atoms with E-state index in [4.69, 9.17) is 32.0 Å². The lowest BCUT2D eigenvalue weighted by molar-refractivity contribution is -0.111. The minimum atomic E-state index is -0.353. The minimum absolute atomic E-state index is 0.353. The number of carbonyl (C=O) groups excluding carboxylic acids is 1. The molecule has 3 aromatic carbocycles. The average Bonchev–Trinajstić information content (AvgIpc) is 3.48. The number of benzene rings is 3. The molecule has 5 aromatic rings. The van der Waals surface area contributed by atoms with Crippen molar-refractivity contribution in [2.45, 2.75) is 13.8 Å². The second-order valence-corrected chi connectivity index (χ2v) is 8.99. The van der Waals surface area contributed by atoms with Crippen molar-refractivity contribution >= 4 is 52.0 Å². The van der Waals surface area contributed by atoms with Gasteiger partial charge in [0.15, 0.2) is 5.58 Å². The molecule has 35 heavy (non-hydrogen) atoms. The Morgan fingerprint density at radius 1 is 0.886 bits per heavy atom. The van der Waals surface area contributed by atoms with Crippen molar-refractivity contribution in [3.8, 4) is 22.8 Å². The SMILES string of the molecule is Cc1ccc2oc(-c3ccc(Cl)c(NC(=O)C=Cc4ccc(-c5ccc(C)c(Cl)c5)o4)c3)nc2c1. The highest BCUT2D eigenvalue weighted by molar-refractivity contribution is 6.34. The Labute approximate surface area is 212 Å². The number of fused-ring (bicyclic) bond motifs is 1. The molecule has 7 heteroatoms. The number of oxazole rings is 1. The highest BCUT2D eigenvalue weighted by Crippen LogP contribution is 2.31. The number of furan rings is 1. The van der Waals surface area contributed by atoms with Crippen molar-refractivity contribution in [1.29, 1.82) is 0 Å². The van der Waals surface area contributed by atoms with Crippen LogP contribution in [0.2, 0.25) is 10.0 Å². The normalized spacial score (nSPS) is 11.4. The van der Waals surface area contributed by atoms with Gasteiger partial charge < -0.3 is 14.2 Å². The van der Waals surface area contributed by atoms with E-state index >= 15 is 0 Å². The third-order valence-electron chi connectivity index (χ3n) is 5.50. The van der Waals surface area contributed by atoms with Crippen LogP contribution in [0.5, 0.6) is 0 Å².